The lowest BCUT2D eigenvalue weighted by molar-refractivity contribution is 0.266. The second-order valence-electron chi connectivity index (χ2n) is 11.2. The van der Waals surface area contributed by atoms with Gasteiger partial charge in [-0.05, 0) is 51.7 Å². The van der Waals surface area contributed by atoms with Crippen molar-refractivity contribution in [3.05, 3.63) is 28.8 Å². The molecule has 0 aliphatic heterocycles. The number of phenolic OH excluding ortho intramolecular Hbond substituents is 1. The number of phenols is 1. The van der Waals surface area contributed by atoms with Gasteiger partial charge in [-0.15, -0.1) is 0 Å². The van der Waals surface area contributed by atoms with Crippen molar-refractivity contribution in [1.82, 2.24) is 0 Å². The van der Waals surface area contributed by atoms with Gasteiger partial charge in [0.2, 0.25) is 0 Å². The molecule has 2 rings (SSSR count). The van der Waals surface area contributed by atoms with E-state index in [1.807, 2.05) is 0 Å². The predicted octanol–water partition coefficient (Wildman–Crippen LogP) is 7.14. The minimum Gasteiger partial charge on any atom is -0.507 e. The lowest BCUT2D eigenvalue weighted by Gasteiger charge is -2.32. The van der Waals surface area contributed by atoms with Gasteiger partial charge < -0.3 is 5.11 Å². The summed E-state index contributed by atoms with van der Waals surface area (Å²) in [6.45, 7) is 18.0. The van der Waals surface area contributed by atoms with Gasteiger partial charge in [-0.1, -0.05) is 93.2 Å². The van der Waals surface area contributed by atoms with Crippen molar-refractivity contribution in [1.29, 1.82) is 0 Å². The minimum absolute atomic E-state index is 0.0459. The number of hydrogen-bond acceptors (Lipinski definition) is 1. The number of rotatable bonds is 4. The zero-order chi connectivity index (χ0) is 19.0. The first-order valence-electron chi connectivity index (χ1n) is 10.2. The molecule has 0 bridgehead atoms. The smallest absolute Gasteiger partial charge is 0.123 e. The Balaban J connectivity index is 2.36. The van der Waals surface area contributed by atoms with Crippen LogP contribution in [-0.4, -0.2) is 5.11 Å². The molecule has 0 saturated heterocycles. The largest absolute Gasteiger partial charge is 0.507 e. The van der Waals surface area contributed by atoms with Crippen molar-refractivity contribution in [2.45, 2.75) is 105 Å². The monoisotopic (exact) mass is 344 g/mol. The van der Waals surface area contributed by atoms with Gasteiger partial charge in [0.15, 0.2) is 0 Å². The highest BCUT2D eigenvalue weighted by Crippen LogP contribution is 2.42. The maximum atomic E-state index is 10.9. The van der Waals surface area contributed by atoms with Crippen LogP contribution in [0, 0.1) is 11.3 Å². The van der Waals surface area contributed by atoms with Gasteiger partial charge in [0, 0.05) is 0 Å². The quantitative estimate of drug-likeness (QED) is 0.615. The highest BCUT2D eigenvalue weighted by Gasteiger charge is 2.30. The van der Waals surface area contributed by atoms with Crippen molar-refractivity contribution >= 4 is 0 Å². The van der Waals surface area contributed by atoms with Gasteiger partial charge >= 0.3 is 0 Å². The van der Waals surface area contributed by atoms with Crippen molar-refractivity contribution in [2.24, 2.45) is 11.3 Å². The first-order chi connectivity index (χ1) is 11.3. The van der Waals surface area contributed by atoms with Crippen LogP contribution in [0.1, 0.15) is 104 Å². The molecule has 1 nitrogen and oxygen atoms in total. The molecule has 142 valence electrons. The molecule has 0 amide bonds. The zero-order valence-electron chi connectivity index (χ0n) is 17.9. The molecule has 1 N–H and O–H groups in total. The molecule has 25 heavy (non-hydrogen) atoms. The van der Waals surface area contributed by atoms with E-state index in [4.69, 9.17) is 0 Å². The summed E-state index contributed by atoms with van der Waals surface area (Å²) in [6, 6.07) is 4.53. The van der Waals surface area contributed by atoms with Crippen LogP contribution < -0.4 is 0 Å². The van der Waals surface area contributed by atoms with Crippen LogP contribution in [0.3, 0.4) is 0 Å². The van der Waals surface area contributed by atoms with Gasteiger partial charge in [-0.25, -0.2) is 0 Å². The van der Waals surface area contributed by atoms with Crippen LogP contribution in [-0.2, 0) is 17.3 Å². The number of benzene rings is 1. The first-order valence-corrected chi connectivity index (χ1v) is 10.2. The molecule has 0 aromatic heterocycles. The number of aromatic hydroxyl groups is 1. The molecule has 0 atom stereocenters. The van der Waals surface area contributed by atoms with E-state index in [2.05, 4.69) is 67.5 Å². The van der Waals surface area contributed by atoms with E-state index in [1.165, 1.54) is 37.7 Å². The highest BCUT2D eigenvalue weighted by molar-refractivity contribution is 5.50. The molecule has 0 spiro atoms. The Bertz CT molecular complexity index is 554. The molecule has 0 unspecified atom stereocenters. The second-order valence-corrected chi connectivity index (χ2v) is 11.2. The molecule has 1 heteroatoms. The Kier molecular flexibility index (Phi) is 5.67. The fraction of sp³-hybridized carbons (Fsp3) is 0.750. The average Bonchev–Trinajstić information content (AvgIpc) is 2.89. The van der Waals surface area contributed by atoms with Crippen LogP contribution >= 0.6 is 0 Å². The minimum atomic E-state index is -0.0459. The maximum Gasteiger partial charge on any atom is 0.123 e. The molecular formula is C24H40O. The SMILES string of the molecule is CC(C)(Cc1cc(C(C)(C)C)c(O)c(C(C)(C)C)c1)CC1CCCC1. The van der Waals surface area contributed by atoms with Gasteiger partial charge in [0.05, 0.1) is 0 Å². The summed E-state index contributed by atoms with van der Waals surface area (Å²) in [4.78, 5) is 0. The van der Waals surface area contributed by atoms with Crippen molar-refractivity contribution in [3.8, 4) is 5.75 Å². The third-order valence-electron chi connectivity index (χ3n) is 5.78. The van der Waals surface area contributed by atoms with E-state index in [9.17, 15) is 5.11 Å². The van der Waals surface area contributed by atoms with E-state index in [0.29, 0.717) is 11.2 Å². The standard InChI is InChI=1S/C24H40O/c1-22(2,3)19-13-18(14-20(21(19)25)23(4,5)6)16-24(7,8)15-17-11-9-10-12-17/h13-14,17,25H,9-12,15-16H2,1-8H3. The summed E-state index contributed by atoms with van der Waals surface area (Å²) in [6.07, 6.45) is 8.09. The lowest BCUT2D eigenvalue weighted by atomic mass is 9.74. The van der Waals surface area contributed by atoms with E-state index < -0.39 is 0 Å². The van der Waals surface area contributed by atoms with Crippen LogP contribution in [0.5, 0.6) is 5.75 Å². The molecule has 1 aromatic carbocycles. The zero-order valence-corrected chi connectivity index (χ0v) is 17.9. The Hall–Kier alpha value is -0.980. The fourth-order valence-corrected chi connectivity index (χ4v) is 4.56. The van der Waals surface area contributed by atoms with Crippen LogP contribution in [0.4, 0.5) is 0 Å². The van der Waals surface area contributed by atoms with Gasteiger partial charge in [0.1, 0.15) is 5.75 Å². The summed E-state index contributed by atoms with van der Waals surface area (Å²) in [5, 5.41) is 10.9. The van der Waals surface area contributed by atoms with Gasteiger partial charge in [-0.3, -0.25) is 0 Å². The summed E-state index contributed by atoms with van der Waals surface area (Å²) >= 11 is 0. The lowest BCUT2D eigenvalue weighted by Crippen LogP contribution is -2.22. The Morgan fingerprint density at radius 1 is 0.840 bits per heavy atom. The topological polar surface area (TPSA) is 20.2 Å². The Morgan fingerprint density at radius 2 is 1.28 bits per heavy atom. The second kappa shape index (κ2) is 6.97. The van der Waals surface area contributed by atoms with Crippen molar-refractivity contribution in [3.63, 3.8) is 0 Å². The molecule has 1 saturated carbocycles. The van der Waals surface area contributed by atoms with Gasteiger partial charge in [-0.2, -0.15) is 0 Å². The third kappa shape index (κ3) is 5.25. The highest BCUT2D eigenvalue weighted by atomic mass is 16.3. The van der Waals surface area contributed by atoms with Crippen LogP contribution in [0.15, 0.2) is 12.1 Å². The molecule has 1 fully saturated rings. The van der Waals surface area contributed by atoms with E-state index in [0.717, 1.165) is 23.5 Å². The normalized spacial score (nSPS) is 17.3. The average molecular weight is 345 g/mol. The molecule has 1 aliphatic carbocycles. The molecule has 1 aliphatic rings. The van der Waals surface area contributed by atoms with E-state index in [1.54, 1.807) is 0 Å². The van der Waals surface area contributed by atoms with Crippen LogP contribution in [0.25, 0.3) is 0 Å². The fourth-order valence-electron chi connectivity index (χ4n) is 4.56. The maximum absolute atomic E-state index is 10.9. The Labute approximate surface area is 156 Å². The molecule has 0 heterocycles. The van der Waals surface area contributed by atoms with Crippen molar-refractivity contribution < 1.29 is 5.11 Å². The Morgan fingerprint density at radius 3 is 1.68 bits per heavy atom. The molecule has 1 aromatic rings. The van der Waals surface area contributed by atoms with E-state index >= 15 is 0 Å². The summed E-state index contributed by atoms with van der Waals surface area (Å²) in [5.74, 6) is 1.41. The number of hydrogen-bond donors (Lipinski definition) is 1. The van der Waals surface area contributed by atoms with E-state index in [-0.39, 0.29) is 10.8 Å². The summed E-state index contributed by atoms with van der Waals surface area (Å²) < 4.78 is 0. The third-order valence-corrected chi connectivity index (χ3v) is 5.78. The molecule has 0 radical (unpaired) electrons. The van der Waals surface area contributed by atoms with Gasteiger partial charge in [0.25, 0.3) is 0 Å². The predicted molar refractivity (Wildman–Crippen MR) is 110 cm³/mol. The van der Waals surface area contributed by atoms with Crippen LogP contribution in [0.2, 0.25) is 0 Å². The summed E-state index contributed by atoms with van der Waals surface area (Å²) in [7, 11) is 0. The summed E-state index contributed by atoms with van der Waals surface area (Å²) in [5.41, 5.74) is 3.79. The first kappa shape index (κ1) is 20.3. The molecular weight excluding hydrogens is 304 g/mol. The van der Waals surface area contributed by atoms with Crippen molar-refractivity contribution in [2.75, 3.05) is 0 Å².